The van der Waals surface area contributed by atoms with Crippen molar-refractivity contribution in [2.45, 2.75) is 215 Å². The fourth-order valence-corrected chi connectivity index (χ4v) is 11.3. The number of methoxy groups -OCH3 is 3. The van der Waals surface area contributed by atoms with Crippen molar-refractivity contribution in [2.75, 3.05) is 193 Å². The number of H-pyrrole nitrogens is 1. The fraction of sp³-hybridized carbons (Fsp3) is 0.778. The van der Waals surface area contributed by atoms with Gasteiger partial charge in [-0.3, -0.25) is 33.9 Å². The summed E-state index contributed by atoms with van der Waals surface area (Å²) in [6.07, 6.45) is 27.1. The number of unbranched alkanes of at least 4 members (excludes halogenated alkanes) is 11. The Bertz CT molecular complexity index is 2430. The molecule has 0 radical (unpaired) electrons. The van der Waals surface area contributed by atoms with Gasteiger partial charge in [0.05, 0.1) is 56.1 Å². The van der Waals surface area contributed by atoms with Crippen molar-refractivity contribution in [3.05, 3.63) is 54.6 Å². The first-order chi connectivity index (χ1) is 51.3. The lowest BCUT2D eigenvalue weighted by Crippen LogP contribution is -2.43. The van der Waals surface area contributed by atoms with Crippen LogP contribution in [0.1, 0.15) is 204 Å². The van der Waals surface area contributed by atoms with Gasteiger partial charge in [0.15, 0.2) is 0 Å². The van der Waals surface area contributed by atoms with Crippen molar-refractivity contribution >= 4 is 41.0 Å². The number of fused-ring (bicyclic) bond motifs is 1. The molecule has 1 aromatic heterocycles. The Labute approximate surface area is 638 Å². The molecule has 2 aliphatic heterocycles. The van der Waals surface area contributed by atoms with Gasteiger partial charge in [-0.15, -0.1) is 0 Å². The first kappa shape index (κ1) is 98.6. The van der Waals surface area contributed by atoms with Crippen LogP contribution in [-0.4, -0.2) is 274 Å². The number of rotatable bonds is 48. The van der Waals surface area contributed by atoms with Gasteiger partial charge in [-0.05, 0) is 97.0 Å². The van der Waals surface area contributed by atoms with E-state index in [-0.39, 0.29) is 61.8 Å². The Kier molecular flexibility index (Phi) is 62.9. The van der Waals surface area contributed by atoms with E-state index in [1.54, 1.807) is 26.2 Å². The number of likely N-dealkylation sites (tertiary alicyclic amines) is 1. The maximum Gasteiger partial charge on any atom is 0.410 e. The average Bonchev–Trinajstić information content (AvgIpc) is 1.68. The molecule has 0 atom stereocenters. The number of piperidine rings is 1. The molecule has 3 aliphatic rings. The lowest BCUT2D eigenvalue weighted by atomic mass is 9.89. The maximum absolute atomic E-state index is 11.8. The highest BCUT2D eigenvalue weighted by Gasteiger charge is 2.28. The van der Waals surface area contributed by atoms with Crippen LogP contribution >= 0.6 is 0 Å². The molecule has 0 bridgehead atoms. The van der Waals surface area contributed by atoms with Crippen molar-refractivity contribution in [3.8, 4) is 11.4 Å². The summed E-state index contributed by atoms with van der Waals surface area (Å²) in [7, 11) is 4.82. The zero-order chi connectivity index (χ0) is 77.9. The van der Waals surface area contributed by atoms with Crippen molar-refractivity contribution in [1.29, 1.82) is 0 Å². The highest BCUT2D eigenvalue weighted by Crippen LogP contribution is 2.25. The number of esters is 4. The first-order valence-corrected chi connectivity index (χ1v) is 39.7. The second-order valence-electron chi connectivity index (χ2n) is 27.5. The molecular formula is C81H145N7O18. The number of imidazole rings is 1. The van der Waals surface area contributed by atoms with Gasteiger partial charge in [0.2, 0.25) is 0 Å². The Morgan fingerprint density at radius 1 is 0.519 bits per heavy atom. The summed E-state index contributed by atoms with van der Waals surface area (Å²) >= 11 is 0. The minimum absolute atomic E-state index is 0.0259. The van der Waals surface area contributed by atoms with E-state index in [4.69, 9.17) is 56.8 Å². The number of morpholine rings is 1. The van der Waals surface area contributed by atoms with Crippen LogP contribution in [0.25, 0.3) is 22.4 Å². The molecule has 2 saturated heterocycles. The topological polar surface area (TPSA) is 261 Å². The standard InChI is InChI=1S/C20H43N.C13H10N2.C13H23NO3.C12H27NO6.C12H21NO6.C11H21NO3/c1-4-7-10-13-16-19-21(18-15-12-9-6-3)20-17-14-11-8-5-2;1-2-6-10(7-3-1)13-14-11-8-4-5-9-12(11)15-13;15-13(12-4-2-1-3-5-12)17-11-8-14-6-9-16-10-7-14;1-14-10-17-7-4-13(5-8-18-11-15-2)6-9-19-12-16-3;1-10(14)17-7-4-13(5-8-18-11(2)15)6-9-19-12(3)16;1-4-11(2,3)15-10(14)12-7-5-9(13)6-8-12/h4-20H2,1-3H3;1-9H,(H,14,15);12H,1-11H2;4-12H2,1-3H3;4-9H2,1-3H3;9,13H,4-8H2,1-3H3. The summed E-state index contributed by atoms with van der Waals surface area (Å²) in [5.74, 6) is 0.0861. The molecule has 612 valence electrons. The molecule has 1 amide bonds. The quantitative estimate of drug-likeness (QED) is 0.0230. The van der Waals surface area contributed by atoms with Crippen LogP contribution in [0.2, 0.25) is 0 Å². The number of carbonyl (C=O) groups is 5. The number of hydrogen-bond acceptors (Lipinski definition) is 23. The van der Waals surface area contributed by atoms with Crippen molar-refractivity contribution in [1.82, 2.24) is 34.5 Å². The normalized spacial score (nSPS) is 14.1. The van der Waals surface area contributed by atoms with Gasteiger partial charge in [-0.1, -0.05) is 160 Å². The predicted octanol–water partition coefficient (Wildman–Crippen LogP) is 13.4. The largest absolute Gasteiger partial charge is 0.465 e. The van der Waals surface area contributed by atoms with E-state index in [1.807, 2.05) is 68.1 Å². The van der Waals surface area contributed by atoms with Crippen molar-refractivity contribution in [3.63, 3.8) is 0 Å². The smallest absolute Gasteiger partial charge is 0.410 e. The molecule has 3 heterocycles. The van der Waals surface area contributed by atoms with Crippen molar-refractivity contribution < 1.29 is 85.9 Å². The zero-order valence-electron chi connectivity index (χ0n) is 67.9. The predicted molar refractivity (Wildman–Crippen MR) is 418 cm³/mol. The van der Waals surface area contributed by atoms with Gasteiger partial charge in [0, 0.05) is 120 Å². The van der Waals surface area contributed by atoms with Crippen LogP contribution in [0.3, 0.4) is 0 Å². The van der Waals surface area contributed by atoms with Crippen LogP contribution in [0.4, 0.5) is 4.79 Å². The number of para-hydroxylation sites is 2. The molecule has 106 heavy (non-hydrogen) atoms. The van der Waals surface area contributed by atoms with Gasteiger partial charge in [-0.2, -0.15) is 0 Å². The third kappa shape index (κ3) is 55.9. The second-order valence-corrected chi connectivity index (χ2v) is 27.5. The minimum Gasteiger partial charge on any atom is -0.465 e. The lowest BCUT2D eigenvalue weighted by Gasteiger charge is -2.32. The number of amides is 1. The summed E-state index contributed by atoms with van der Waals surface area (Å²) in [6, 6.07) is 18.2. The molecule has 6 rings (SSSR count). The molecule has 3 fully saturated rings. The summed E-state index contributed by atoms with van der Waals surface area (Å²) in [4.78, 5) is 74.1. The number of carbonyl (C=O) groups excluding carboxylic acids is 5. The Morgan fingerprint density at radius 2 is 0.943 bits per heavy atom. The minimum atomic E-state index is -0.396. The maximum atomic E-state index is 11.8. The van der Waals surface area contributed by atoms with Crippen LogP contribution < -0.4 is 0 Å². The summed E-state index contributed by atoms with van der Waals surface area (Å²) in [5.41, 5.74) is 2.81. The van der Waals surface area contributed by atoms with Gasteiger partial charge in [0.1, 0.15) is 58.2 Å². The van der Waals surface area contributed by atoms with E-state index in [0.29, 0.717) is 92.4 Å². The number of nitrogens with zero attached hydrogens (tertiary/aromatic N) is 6. The van der Waals surface area contributed by atoms with E-state index in [1.165, 1.54) is 150 Å². The molecule has 1 aliphatic carbocycles. The van der Waals surface area contributed by atoms with Gasteiger partial charge >= 0.3 is 30.0 Å². The molecule has 1 saturated carbocycles. The van der Waals surface area contributed by atoms with E-state index in [2.05, 4.69) is 57.6 Å². The number of aromatic amines is 1. The van der Waals surface area contributed by atoms with Gasteiger partial charge in [0.25, 0.3) is 0 Å². The van der Waals surface area contributed by atoms with Crippen molar-refractivity contribution in [2.24, 2.45) is 5.92 Å². The molecule has 3 aromatic rings. The second kappa shape index (κ2) is 67.7. The van der Waals surface area contributed by atoms with E-state index >= 15 is 0 Å². The van der Waals surface area contributed by atoms with E-state index in [0.717, 1.165) is 94.2 Å². The van der Waals surface area contributed by atoms with E-state index in [9.17, 15) is 29.1 Å². The molecular weight excluding hydrogens is 1360 g/mol. The van der Waals surface area contributed by atoms with Gasteiger partial charge in [-0.25, -0.2) is 9.78 Å². The van der Waals surface area contributed by atoms with Crippen LogP contribution in [0.15, 0.2) is 54.6 Å². The highest BCUT2D eigenvalue weighted by molar-refractivity contribution is 5.79. The molecule has 2 aromatic carbocycles. The number of hydrogen-bond donors (Lipinski definition) is 2. The Hall–Kier alpha value is -5.42. The van der Waals surface area contributed by atoms with Crippen LogP contribution in [-0.2, 0) is 76.0 Å². The fourth-order valence-electron chi connectivity index (χ4n) is 11.3. The monoisotopic (exact) mass is 1500 g/mol. The van der Waals surface area contributed by atoms with Gasteiger partial charge < -0.3 is 76.7 Å². The molecule has 0 unspecified atom stereocenters. The number of aliphatic hydroxyl groups excluding tert-OH is 1. The third-order valence-electron chi connectivity index (χ3n) is 17.9. The average molecular weight is 1510 g/mol. The van der Waals surface area contributed by atoms with Crippen LogP contribution in [0, 0.1) is 5.92 Å². The Balaban J connectivity index is 0.000000638. The number of ether oxygens (including phenoxy) is 12. The molecule has 25 nitrogen and oxygen atoms in total. The van der Waals surface area contributed by atoms with E-state index < -0.39 is 5.60 Å². The SMILES string of the molecule is CC(=O)OCCN(CCOC(C)=O)CCOC(C)=O.CCC(C)(C)OC(=O)N1CCC(O)CC1.CCCCCCCN(CCCCCC)CCCCCCC.COCOCCN(CCOCOC)CCOCOC.O=C(OCCN1CCOCC1)C1CCCCC1.c1ccc(-c2nc3ccccc3[nH]2)cc1. The van der Waals surface area contributed by atoms with Crippen LogP contribution in [0.5, 0.6) is 0 Å². The molecule has 2 N–H and O–H groups in total. The summed E-state index contributed by atoms with van der Waals surface area (Å²) in [6.45, 7) is 34.3. The summed E-state index contributed by atoms with van der Waals surface area (Å²) in [5, 5.41) is 9.31. The third-order valence-corrected chi connectivity index (χ3v) is 17.9. The number of nitrogens with one attached hydrogen (secondary N) is 1. The molecule has 25 heteroatoms. The number of benzene rings is 2. The number of aromatic nitrogens is 2. The number of aliphatic hydroxyl groups is 1. The lowest BCUT2D eigenvalue weighted by molar-refractivity contribution is -0.150. The molecule has 0 spiro atoms. The highest BCUT2D eigenvalue weighted by atomic mass is 16.7. The Morgan fingerprint density at radius 3 is 1.38 bits per heavy atom. The summed E-state index contributed by atoms with van der Waals surface area (Å²) < 4.78 is 60.8. The first-order valence-electron chi connectivity index (χ1n) is 39.7. The zero-order valence-corrected chi connectivity index (χ0v) is 67.9.